The lowest BCUT2D eigenvalue weighted by Gasteiger charge is -2.09. The average molecular weight is 258 g/mol. The number of hydrogen-bond donors (Lipinski definition) is 1. The first-order chi connectivity index (χ1) is 9.24. The van der Waals surface area contributed by atoms with Gasteiger partial charge >= 0.3 is 5.69 Å². The van der Waals surface area contributed by atoms with Gasteiger partial charge in [-0.2, -0.15) is 5.10 Å². The van der Waals surface area contributed by atoms with Crippen molar-refractivity contribution in [2.45, 2.75) is 38.8 Å². The van der Waals surface area contributed by atoms with Gasteiger partial charge in [-0.1, -0.05) is 12.1 Å². The van der Waals surface area contributed by atoms with Crippen LogP contribution in [-0.4, -0.2) is 14.3 Å². The van der Waals surface area contributed by atoms with Gasteiger partial charge in [0.25, 0.3) is 0 Å². The molecule has 100 valence electrons. The lowest BCUT2D eigenvalue weighted by molar-refractivity contribution is 0.510. The van der Waals surface area contributed by atoms with Crippen LogP contribution in [0.25, 0.3) is 0 Å². The van der Waals surface area contributed by atoms with E-state index < -0.39 is 0 Å². The molecule has 0 saturated heterocycles. The maximum absolute atomic E-state index is 12.1. The number of hydrogen-bond acceptors (Lipinski definition) is 3. The first-order valence-corrected chi connectivity index (χ1v) is 6.75. The summed E-state index contributed by atoms with van der Waals surface area (Å²) in [4.78, 5) is 12.1. The molecule has 0 bridgehead atoms. The first-order valence-electron chi connectivity index (χ1n) is 6.75. The molecule has 0 atom stereocenters. The van der Waals surface area contributed by atoms with Crippen LogP contribution in [0, 0.1) is 0 Å². The van der Waals surface area contributed by atoms with Gasteiger partial charge in [0, 0.05) is 18.7 Å². The van der Waals surface area contributed by atoms with Crippen LogP contribution in [-0.2, 0) is 25.9 Å². The fourth-order valence-corrected chi connectivity index (χ4v) is 2.51. The van der Waals surface area contributed by atoms with Crippen molar-refractivity contribution in [3.05, 3.63) is 46.1 Å². The van der Waals surface area contributed by atoms with Gasteiger partial charge in [-0.15, -0.1) is 0 Å². The van der Waals surface area contributed by atoms with Gasteiger partial charge in [-0.3, -0.25) is 4.57 Å². The number of benzene rings is 1. The van der Waals surface area contributed by atoms with E-state index in [0.717, 1.165) is 43.7 Å². The molecule has 5 heteroatoms. The quantitative estimate of drug-likeness (QED) is 0.841. The van der Waals surface area contributed by atoms with Gasteiger partial charge in [0.2, 0.25) is 0 Å². The van der Waals surface area contributed by atoms with Crippen LogP contribution in [0.15, 0.2) is 29.1 Å². The summed E-state index contributed by atoms with van der Waals surface area (Å²) >= 11 is 0. The Morgan fingerprint density at radius 1 is 1.21 bits per heavy atom. The van der Waals surface area contributed by atoms with E-state index >= 15 is 0 Å². The van der Waals surface area contributed by atoms with Crippen LogP contribution in [0.4, 0.5) is 5.69 Å². The SMILES string of the molecule is Nc1ccc(CCn2nc3n(c2=O)CCCC3)cc1. The van der Waals surface area contributed by atoms with Crippen molar-refractivity contribution in [3.63, 3.8) is 0 Å². The summed E-state index contributed by atoms with van der Waals surface area (Å²) in [5, 5.41) is 4.43. The highest BCUT2D eigenvalue weighted by Gasteiger charge is 2.16. The highest BCUT2D eigenvalue weighted by atomic mass is 16.2. The summed E-state index contributed by atoms with van der Waals surface area (Å²) in [5.74, 6) is 0.938. The van der Waals surface area contributed by atoms with Crippen LogP contribution in [0.3, 0.4) is 0 Å². The minimum atomic E-state index is 0.0325. The Bertz CT molecular complexity index is 624. The third-order valence-electron chi connectivity index (χ3n) is 3.62. The molecule has 1 aromatic heterocycles. The molecule has 5 nitrogen and oxygen atoms in total. The summed E-state index contributed by atoms with van der Waals surface area (Å²) in [6.07, 6.45) is 3.94. The van der Waals surface area contributed by atoms with E-state index in [1.165, 1.54) is 5.56 Å². The predicted molar refractivity (Wildman–Crippen MR) is 74.0 cm³/mol. The summed E-state index contributed by atoms with van der Waals surface area (Å²) in [5.41, 5.74) is 7.62. The molecule has 2 aromatic rings. The zero-order valence-electron chi connectivity index (χ0n) is 10.9. The third kappa shape index (κ3) is 2.41. The highest BCUT2D eigenvalue weighted by molar-refractivity contribution is 5.39. The molecule has 1 aliphatic rings. The van der Waals surface area contributed by atoms with E-state index in [4.69, 9.17) is 5.73 Å². The van der Waals surface area contributed by atoms with E-state index in [2.05, 4.69) is 5.10 Å². The van der Waals surface area contributed by atoms with E-state index in [0.29, 0.717) is 6.54 Å². The fourth-order valence-electron chi connectivity index (χ4n) is 2.51. The summed E-state index contributed by atoms with van der Waals surface area (Å²) in [7, 11) is 0. The Kier molecular flexibility index (Phi) is 3.11. The van der Waals surface area contributed by atoms with Gasteiger partial charge in [0.1, 0.15) is 5.82 Å². The molecule has 2 N–H and O–H groups in total. The van der Waals surface area contributed by atoms with Gasteiger partial charge < -0.3 is 5.73 Å². The van der Waals surface area contributed by atoms with Crippen molar-refractivity contribution < 1.29 is 0 Å². The number of anilines is 1. The molecule has 0 radical (unpaired) electrons. The molecule has 0 saturated carbocycles. The number of rotatable bonds is 3. The van der Waals surface area contributed by atoms with Crippen molar-refractivity contribution in [2.75, 3.05) is 5.73 Å². The molecular weight excluding hydrogens is 240 g/mol. The minimum absolute atomic E-state index is 0.0325. The Balaban J connectivity index is 1.75. The largest absolute Gasteiger partial charge is 0.399 e. The zero-order valence-corrected chi connectivity index (χ0v) is 10.9. The molecule has 0 spiro atoms. The Morgan fingerprint density at radius 2 is 2.00 bits per heavy atom. The Morgan fingerprint density at radius 3 is 2.74 bits per heavy atom. The lowest BCUT2D eigenvalue weighted by atomic mass is 10.1. The average Bonchev–Trinajstić information content (AvgIpc) is 2.76. The molecule has 3 rings (SSSR count). The first kappa shape index (κ1) is 12.0. The number of aromatic nitrogens is 3. The van der Waals surface area contributed by atoms with E-state index in [1.807, 2.05) is 28.8 Å². The number of nitrogens with two attached hydrogens (primary N) is 1. The van der Waals surface area contributed by atoms with Gasteiger partial charge in [0.05, 0.1) is 6.54 Å². The predicted octanol–water partition coefficient (Wildman–Crippen LogP) is 1.21. The molecular formula is C14H18N4O. The number of nitrogen functional groups attached to an aromatic ring is 1. The molecule has 19 heavy (non-hydrogen) atoms. The maximum Gasteiger partial charge on any atom is 0.345 e. The van der Waals surface area contributed by atoms with E-state index in [1.54, 1.807) is 4.68 Å². The number of fused-ring (bicyclic) bond motifs is 1. The second-order valence-electron chi connectivity index (χ2n) is 5.02. The van der Waals surface area contributed by atoms with Gasteiger partial charge in [-0.25, -0.2) is 9.48 Å². The zero-order chi connectivity index (χ0) is 13.2. The fraction of sp³-hybridized carbons (Fsp3) is 0.429. The van der Waals surface area contributed by atoms with Crippen molar-refractivity contribution in [1.29, 1.82) is 0 Å². The topological polar surface area (TPSA) is 65.8 Å². The third-order valence-corrected chi connectivity index (χ3v) is 3.62. The molecule has 0 fully saturated rings. The highest BCUT2D eigenvalue weighted by Crippen LogP contribution is 2.10. The minimum Gasteiger partial charge on any atom is -0.399 e. The maximum atomic E-state index is 12.1. The van der Waals surface area contributed by atoms with Crippen molar-refractivity contribution >= 4 is 5.69 Å². The molecule has 0 unspecified atom stereocenters. The normalized spacial score (nSPS) is 14.3. The van der Waals surface area contributed by atoms with Crippen molar-refractivity contribution in [1.82, 2.24) is 14.3 Å². The Hall–Kier alpha value is -2.04. The van der Waals surface area contributed by atoms with Gasteiger partial charge in [0.15, 0.2) is 0 Å². The van der Waals surface area contributed by atoms with E-state index in [9.17, 15) is 4.79 Å². The molecule has 0 amide bonds. The number of nitrogens with zero attached hydrogens (tertiary/aromatic N) is 3. The second-order valence-corrected chi connectivity index (χ2v) is 5.02. The number of aryl methyl sites for hydroxylation is 3. The molecule has 0 aliphatic carbocycles. The van der Waals surface area contributed by atoms with Crippen molar-refractivity contribution in [3.8, 4) is 0 Å². The van der Waals surface area contributed by atoms with Gasteiger partial charge in [-0.05, 0) is 37.0 Å². The summed E-state index contributed by atoms with van der Waals surface area (Å²) < 4.78 is 3.41. The monoisotopic (exact) mass is 258 g/mol. The molecule has 1 aliphatic heterocycles. The van der Waals surface area contributed by atoms with Crippen LogP contribution < -0.4 is 11.4 Å². The van der Waals surface area contributed by atoms with Crippen LogP contribution >= 0.6 is 0 Å². The Labute approximate surface area is 111 Å². The van der Waals surface area contributed by atoms with Crippen LogP contribution in [0.1, 0.15) is 24.2 Å². The standard InChI is InChI=1S/C14H18N4O/c15-12-6-4-11(5-7-12)8-10-18-14(19)17-9-2-1-3-13(17)16-18/h4-7H,1-3,8-10,15H2. The molecule has 2 heterocycles. The summed E-state index contributed by atoms with van der Waals surface area (Å²) in [6.45, 7) is 1.44. The lowest BCUT2D eigenvalue weighted by Crippen LogP contribution is -2.27. The second kappa shape index (κ2) is 4.91. The van der Waals surface area contributed by atoms with Crippen LogP contribution in [0.5, 0.6) is 0 Å². The van der Waals surface area contributed by atoms with Crippen molar-refractivity contribution in [2.24, 2.45) is 0 Å². The van der Waals surface area contributed by atoms with E-state index in [-0.39, 0.29) is 5.69 Å². The molecule has 1 aromatic carbocycles. The summed E-state index contributed by atoms with van der Waals surface area (Å²) in [6, 6.07) is 7.76. The van der Waals surface area contributed by atoms with Crippen LogP contribution in [0.2, 0.25) is 0 Å². The smallest absolute Gasteiger partial charge is 0.345 e.